The molecular weight excluding hydrogens is 232 g/mol. The third-order valence-electron chi connectivity index (χ3n) is 1.96. The molecule has 6 heteroatoms. The van der Waals surface area contributed by atoms with Crippen LogP contribution in [0.2, 0.25) is 0 Å². The molecule has 0 amide bonds. The predicted molar refractivity (Wildman–Crippen MR) is 75.0 cm³/mol. The van der Waals surface area contributed by atoms with Crippen molar-refractivity contribution in [3.05, 3.63) is 23.0 Å². The standard InChI is InChI=1S/C6H14N2O.C6H12N2O/c1-5(7)3-6(2)8-4-9;1-4(7)6(3-9)5(2)8/h3,5,8-9H,4,7H2,1-2H3;7,9H,3,8H2,1-2H3/b6-3-;6-5-,7-4?. The molecule has 0 aromatic carbocycles. The van der Waals surface area contributed by atoms with Crippen LogP contribution in [0.4, 0.5) is 0 Å². The molecule has 106 valence electrons. The lowest BCUT2D eigenvalue weighted by molar-refractivity contribution is 0.274. The van der Waals surface area contributed by atoms with Crippen molar-refractivity contribution in [1.82, 2.24) is 5.32 Å². The number of aliphatic hydroxyl groups excluding tert-OH is 2. The Kier molecular flexibility index (Phi) is 11.3. The summed E-state index contributed by atoms with van der Waals surface area (Å²) in [7, 11) is 0. The lowest BCUT2D eigenvalue weighted by Gasteiger charge is -2.02. The molecule has 0 aromatic rings. The Bertz CT molecular complexity index is 305. The van der Waals surface area contributed by atoms with Crippen molar-refractivity contribution in [2.24, 2.45) is 11.5 Å². The van der Waals surface area contributed by atoms with Crippen molar-refractivity contribution in [3.63, 3.8) is 0 Å². The molecule has 1 unspecified atom stereocenters. The molecular formula is C12H26N4O2. The molecule has 0 spiro atoms. The molecule has 0 aliphatic rings. The lowest BCUT2D eigenvalue weighted by Crippen LogP contribution is -2.17. The van der Waals surface area contributed by atoms with Crippen LogP contribution in [-0.4, -0.2) is 35.3 Å². The van der Waals surface area contributed by atoms with Crippen molar-refractivity contribution < 1.29 is 10.2 Å². The third kappa shape index (κ3) is 11.1. The van der Waals surface area contributed by atoms with Gasteiger partial charge in [-0.15, -0.1) is 0 Å². The zero-order valence-electron chi connectivity index (χ0n) is 11.6. The van der Waals surface area contributed by atoms with Crippen molar-refractivity contribution in [2.75, 3.05) is 13.3 Å². The number of hydrogen-bond donors (Lipinski definition) is 6. The van der Waals surface area contributed by atoms with Gasteiger partial charge in [0.2, 0.25) is 0 Å². The van der Waals surface area contributed by atoms with Crippen LogP contribution in [0.5, 0.6) is 0 Å². The molecule has 0 aromatic heterocycles. The highest BCUT2D eigenvalue weighted by molar-refractivity contribution is 5.96. The maximum atomic E-state index is 8.59. The molecule has 0 bridgehead atoms. The van der Waals surface area contributed by atoms with Crippen LogP contribution in [0.15, 0.2) is 23.0 Å². The SMILES string of the molecule is C/C(=C/C(C)N)NCO.CC(=N)/C(CO)=C(/C)N. The Labute approximate surface area is 109 Å². The molecule has 0 saturated heterocycles. The van der Waals surface area contributed by atoms with Crippen molar-refractivity contribution in [1.29, 1.82) is 5.41 Å². The van der Waals surface area contributed by atoms with E-state index in [0.29, 0.717) is 17.0 Å². The van der Waals surface area contributed by atoms with E-state index in [0.717, 1.165) is 5.70 Å². The maximum absolute atomic E-state index is 8.59. The van der Waals surface area contributed by atoms with Crippen molar-refractivity contribution in [2.45, 2.75) is 33.7 Å². The van der Waals surface area contributed by atoms with Gasteiger partial charge in [0.25, 0.3) is 0 Å². The third-order valence-corrected chi connectivity index (χ3v) is 1.96. The summed E-state index contributed by atoms with van der Waals surface area (Å²) in [4.78, 5) is 0. The Morgan fingerprint density at radius 3 is 2.00 bits per heavy atom. The van der Waals surface area contributed by atoms with Gasteiger partial charge in [-0.1, -0.05) is 0 Å². The molecule has 0 rings (SSSR count). The monoisotopic (exact) mass is 258 g/mol. The number of allylic oxidation sites excluding steroid dienone is 2. The molecule has 0 heterocycles. The van der Waals surface area contributed by atoms with Crippen molar-refractivity contribution in [3.8, 4) is 0 Å². The van der Waals surface area contributed by atoms with Gasteiger partial charge in [-0.25, -0.2) is 0 Å². The van der Waals surface area contributed by atoms with Gasteiger partial charge in [0.1, 0.15) is 6.73 Å². The average molecular weight is 258 g/mol. The highest BCUT2D eigenvalue weighted by Crippen LogP contribution is 1.97. The second-order valence-electron chi connectivity index (χ2n) is 3.99. The first kappa shape index (κ1) is 19.0. The van der Waals surface area contributed by atoms with Gasteiger partial charge < -0.3 is 32.4 Å². The summed E-state index contributed by atoms with van der Waals surface area (Å²) in [6.07, 6.45) is 1.84. The molecule has 0 radical (unpaired) electrons. The summed E-state index contributed by atoms with van der Waals surface area (Å²) < 4.78 is 0. The van der Waals surface area contributed by atoms with Crippen LogP contribution >= 0.6 is 0 Å². The number of hydrogen-bond acceptors (Lipinski definition) is 6. The van der Waals surface area contributed by atoms with E-state index in [1.165, 1.54) is 0 Å². The van der Waals surface area contributed by atoms with Crippen molar-refractivity contribution >= 4 is 5.71 Å². The fraction of sp³-hybridized carbons (Fsp3) is 0.583. The average Bonchev–Trinajstić information content (AvgIpc) is 2.16. The zero-order chi connectivity index (χ0) is 14.7. The minimum atomic E-state index is -0.141. The summed E-state index contributed by atoms with van der Waals surface area (Å²) in [6.45, 7) is 6.83. The van der Waals surface area contributed by atoms with Crippen LogP contribution in [0.3, 0.4) is 0 Å². The van der Waals surface area contributed by atoms with E-state index in [-0.39, 0.29) is 19.4 Å². The van der Waals surface area contributed by atoms with E-state index < -0.39 is 0 Å². The number of rotatable bonds is 5. The van der Waals surface area contributed by atoms with Gasteiger partial charge in [-0.3, -0.25) is 0 Å². The Morgan fingerprint density at radius 2 is 1.83 bits per heavy atom. The molecule has 6 nitrogen and oxygen atoms in total. The first-order chi connectivity index (χ1) is 8.26. The Balaban J connectivity index is 0. The smallest absolute Gasteiger partial charge is 0.113 e. The van der Waals surface area contributed by atoms with E-state index in [2.05, 4.69) is 5.32 Å². The number of nitrogens with one attached hydrogen (secondary N) is 2. The van der Waals surface area contributed by atoms with E-state index in [9.17, 15) is 0 Å². The Morgan fingerprint density at radius 1 is 1.33 bits per heavy atom. The first-order valence-electron chi connectivity index (χ1n) is 5.66. The topological polar surface area (TPSA) is 128 Å². The molecule has 0 saturated carbocycles. The van der Waals surface area contributed by atoms with Crippen LogP contribution in [0, 0.1) is 5.41 Å². The van der Waals surface area contributed by atoms with Crippen LogP contribution in [0.25, 0.3) is 0 Å². The summed E-state index contributed by atoms with van der Waals surface area (Å²) in [5.41, 5.74) is 13.0. The van der Waals surface area contributed by atoms with E-state index in [4.69, 9.17) is 27.1 Å². The van der Waals surface area contributed by atoms with Gasteiger partial charge in [0, 0.05) is 28.7 Å². The summed E-state index contributed by atoms with van der Waals surface area (Å²) in [5.74, 6) is 0. The van der Waals surface area contributed by atoms with E-state index in [1.54, 1.807) is 13.8 Å². The molecule has 18 heavy (non-hydrogen) atoms. The number of aliphatic hydroxyl groups is 2. The Hall–Kier alpha value is -1.37. The summed E-state index contributed by atoms with van der Waals surface area (Å²) in [5, 5.41) is 26.7. The lowest BCUT2D eigenvalue weighted by atomic mass is 10.1. The molecule has 1 atom stereocenters. The second kappa shape index (κ2) is 10.8. The number of nitrogens with two attached hydrogens (primary N) is 2. The second-order valence-corrected chi connectivity index (χ2v) is 3.99. The fourth-order valence-corrected chi connectivity index (χ4v) is 1.12. The molecule has 0 aliphatic heterocycles. The minimum absolute atomic E-state index is 0.0327. The first-order valence-corrected chi connectivity index (χ1v) is 5.66. The highest BCUT2D eigenvalue weighted by Gasteiger charge is 1.98. The van der Waals surface area contributed by atoms with E-state index in [1.807, 2.05) is 19.9 Å². The van der Waals surface area contributed by atoms with Crippen LogP contribution in [0.1, 0.15) is 27.7 Å². The van der Waals surface area contributed by atoms with Gasteiger partial charge >= 0.3 is 0 Å². The highest BCUT2D eigenvalue weighted by atomic mass is 16.3. The van der Waals surface area contributed by atoms with Gasteiger partial charge in [-0.2, -0.15) is 0 Å². The van der Waals surface area contributed by atoms with Gasteiger partial charge in [0.15, 0.2) is 0 Å². The minimum Gasteiger partial charge on any atom is -0.402 e. The predicted octanol–water partition coefficient (Wildman–Crippen LogP) is 0.0279. The molecule has 0 fully saturated rings. The van der Waals surface area contributed by atoms with E-state index >= 15 is 0 Å². The molecule has 0 aliphatic carbocycles. The largest absolute Gasteiger partial charge is 0.402 e. The summed E-state index contributed by atoms with van der Waals surface area (Å²) >= 11 is 0. The van der Waals surface area contributed by atoms with Crippen LogP contribution < -0.4 is 16.8 Å². The maximum Gasteiger partial charge on any atom is 0.113 e. The van der Waals surface area contributed by atoms with Gasteiger partial charge in [0.05, 0.1) is 6.61 Å². The van der Waals surface area contributed by atoms with Gasteiger partial charge in [-0.05, 0) is 33.8 Å². The zero-order valence-corrected chi connectivity index (χ0v) is 11.6. The van der Waals surface area contributed by atoms with Crippen LogP contribution in [-0.2, 0) is 0 Å². The normalized spacial score (nSPS) is 14.1. The fourth-order valence-electron chi connectivity index (χ4n) is 1.12. The molecule has 8 N–H and O–H groups in total. The quantitative estimate of drug-likeness (QED) is 0.306. The summed E-state index contributed by atoms with van der Waals surface area (Å²) in [6, 6.07) is 0.0454.